The first kappa shape index (κ1) is 19.5. The van der Waals surface area contributed by atoms with Gasteiger partial charge in [0, 0.05) is 50.2 Å². The number of hydrogen-bond acceptors (Lipinski definition) is 7. The number of rotatable bonds is 5. The van der Waals surface area contributed by atoms with Gasteiger partial charge in [-0.3, -0.25) is 4.79 Å². The third-order valence-electron chi connectivity index (χ3n) is 5.79. The molecule has 10 nitrogen and oxygen atoms in total. The second kappa shape index (κ2) is 7.64. The first-order chi connectivity index (χ1) is 15.1. The monoisotopic (exact) mass is 421 g/mol. The molecule has 3 N–H and O–H groups in total. The smallest absolute Gasteiger partial charge is 0.254 e. The summed E-state index contributed by atoms with van der Waals surface area (Å²) in [7, 11) is 3.49. The minimum absolute atomic E-state index is 0.0705. The zero-order valence-corrected chi connectivity index (χ0v) is 17.3. The number of aromatic nitrogens is 5. The molecule has 1 aliphatic heterocycles. The zero-order chi connectivity index (χ0) is 21.5. The predicted octanol–water partition coefficient (Wildman–Crippen LogP) is 1.86. The standard InChI is InChI=1S/C21H23N7O3/c1-23-18-8-15(26-21-13(19(22)29)9-25-28(18)21)14-10-27(20-12(14)4-3-6-24-20)16-5-7-31-11-17(16)30-2/h3-4,6,8-10,16-17,23H,5,7,11H2,1-2H3,(H2,22,29)/t16-,17-/m0/s1. The Balaban J connectivity index is 1.73. The number of amides is 1. The highest BCUT2D eigenvalue weighted by molar-refractivity contribution is 6.00. The van der Waals surface area contributed by atoms with Gasteiger partial charge in [-0.1, -0.05) is 0 Å². The van der Waals surface area contributed by atoms with Crippen molar-refractivity contribution in [3.63, 3.8) is 0 Å². The van der Waals surface area contributed by atoms with Crippen LogP contribution in [0.3, 0.4) is 0 Å². The largest absolute Gasteiger partial charge is 0.379 e. The molecule has 0 spiro atoms. The molecule has 1 amide bonds. The maximum absolute atomic E-state index is 11.9. The molecule has 1 saturated heterocycles. The predicted molar refractivity (Wildman–Crippen MR) is 115 cm³/mol. The van der Waals surface area contributed by atoms with Gasteiger partial charge in [-0.25, -0.2) is 9.97 Å². The number of nitrogens with two attached hydrogens (primary N) is 1. The van der Waals surface area contributed by atoms with Crippen molar-refractivity contribution in [1.29, 1.82) is 0 Å². The van der Waals surface area contributed by atoms with Crippen molar-refractivity contribution >= 4 is 28.4 Å². The van der Waals surface area contributed by atoms with Crippen LogP contribution in [0.25, 0.3) is 27.9 Å². The van der Waals surface area contributed by atoms with E-state index in [1.54, 1.807) is 24.9 Å². The molecule has 10 heteroatoms. The van der Waals surface area contributed by atoms with Crippen molar-refractivity contribution < 1.29 is 14.3 Å². The third-order valence-corrected chi connectivity index (χ3v) is 5.79. The highest BCUT2D eigenvalue weighted by atomic mass is 16.5. The van der Waals surface area contributed by atoms with Crippen molar-refractivity contribution in [2.45, 2.75) is 18.6 Å². The van der Waals surface area contributed by atoms with Crippen molar-refractivity contribution in [2.24, 2.45) is 5.73 Å². The molecule has 31 heavy (non-hydrogen) atoms. The highest BCUT2D eigenvalue weighted by Crippen LogP contribution is 2.35. The SMILES string of the molecule is CNc1cc(-c2cn([C@H]3CCOC[C@@H]3OC)c3ncccc23)nc2c(C(N)=O)cnn12. The quantitative estimate of drug-likeness (QED) is 0.504. The van der Waals surface area contributed by atoms with Gasteiger partial charge in [-0.2, -0.15) is 9.61 Å². The Morgan fingerprint density at radius 2 is 2.26 bits per heavy atom. The summed E-state index contributed by atoms with van der Waals surface area (Å²) in [6.45, 7) is 1.20. The number of ether oxygens (including phenoxy) is 2. The van der Waals surface area contributed by atoms with E-state index in [-0.39, 0.29) is 17.7 Å². The van der Waals surface area contributed by atoms with Gasteiger partial charge in [-0.05, 0) is 18.6 Å². The molecular weight excluding hydrogens is 398 g/mol. The molecular formula is C21H23N7O3. The van der Waals surface area contributed by atoms with E-state index < -0.39 is 5.91 Å². The molecule has 5 rings (SSSR count). The van der Waals surface area contributed by atoms with Crippen LogP contribution >= 0.6 is 0 Å². The van der Waals surface area contributed by atoms with Crippen LogP contribution in [-0.2, 0) is 9.47 Å². The lowest BCUT2D eigenvalue weighted by atomic mass is 10.1. The summed E-state index contributed by atoms with van der Waals surface area (Å²) in [4.78, 5) is 21.3. The third kappa shape index (κ3) is 3.11. The van der Waals surface area contributed by atoms with Gasteiger partial charge >= 0.3 is 0 Å². The number of primary amides is 1. The molecule has 1 aliphatic rings. The fraction of sp³-hybridized carbons (Fsp3) is 0.333. The van der Waals surface area contributed by atoms with Gasteiger partial charge in [0.05, 0.1) is 24.5 Å². The number of carbonyl (C=O) groups is 1. The first-order valence-corrected chi connectivity index (χ1v) is 10.0. The first-order valence-electron chi connectivity index (χ1n) is 10.0. The molecule has 0 saturated carbocycles. The van der Waals surface area contributed by atoms with Gasteiger partial charge in [-0.15, -0.1) is 0 Å². The topological polar surface area (TPSA) is 122 Å². The average Bonchev–Trinajstić information content (AvgIpc) is 3.40. The van der Waals surface area contributed by atoms with Gasteiger partial charge in [0.2, 0.25) is 0 Å². The van der Waals surface area contributed by atoms with Gasteiger partial charge < -0.3 is 25.1 Å². The Morgan fingerprint density at radius 3 is 3.03 bits per heavy atom. The number of anilines is 1. The van der Waals surface area contributed by atoms with Crippen LogP contribution in [0, 0.1) is 0 Å². The highest BCUT2D eigenvalue weighted by Gasteiger charge is 2.29. The number of pyridine rings is 1. The molecule has 0 aliphatic carbocycles. The Labute approximate surface area is 178 Å². The Morgan fingerprint density at radius 1 is 1.39 bits per heavy atom. The van der Waals surface area contributed by atoms with E-state index in [9.17, 15) is 4.79 Å². The fourth-order valence-electron chi connectivity index (χ4n) is 4.24. The lowest BCUT2D eigenvalue weighted by molar-refractivity contribution is -0.0592. The van der Waals surface area contributed by atoms with Crippen molar-refractivity contribution in [1.82, 2.24) is 24.1 Å². The molecule has 1 fully saturated rings. The van der Waals surface area contributed by atoms with E-state index in [1.165, 1.54) is 6.20 Å². The molecule has 2 atom stereocenters. The maximum Gasteiger partial charge on any atom is 0.254 e. The minimum Gasteiger partial charge on any atom is -0.379 e. The van der Waals surface area contributed by atoms with Gasteiger partial charge in [0.15, 0.2) is 5.65 Å². The van der Waals surface area contributed by atoms with Crippen molar-refractivity contribution in [2.75, 3.05) is 32.7 Å². The Hall–Kier alpha value is -3.50. The number of hydrogen-bond donors (Lipinski definition) is 2. The van der Waals surface area contributed by atoms with Crippen LogP contribution in [-0.4, -0.2) is 63.5 Å². The zero-order valence-electron chi connectivity index (χ0n) is 17.3. The average molecular weight is 421 g/mol. The molecule has 4 aromatic rings. The number of carbonyl (C=O) groups excluding carboxylic acids is 1. The molecule has 0 radical (unpaired) electrons. The van der Waals surface area contributed by atoms with Crippen molar-refractivity contribution in [3.05, 3.63) is 42.4 Å². The summed E-state index contributed by atoms with van der Waals surface area (Å²) in [5.41, 5.74) is 8.65. The minimum atomic E-state index is -0.573. The molecule has 160 valence electrons. The number of fused-ring (bicyclic) bond motifs is 2. The van der Waals surface area contributed by atoms with Crippen LogP contribution in [0.5, 0.6) is 0 Å². The van der Waals surface area contributed by atoms with E-state index in [0.717, 1.165) is 23.0 Å². The fourth-order valence-corrected chi connectivity index (χ4v) is 4.24. The van der Waals surface area contributed by atoms with E-state index in [2.05, 4.69) is 26.2 Å². The molecule has 0 aromatic carbocycles. The summed E-state index contributed by atoms with van der Waals surface area (Å²) >= 11 is 0. The van der Waals surface area contributed by atoms with E-state index in [4.69, 9.17) is 20.2 Å². The Bertz CT molecular complexity index is 1280. The van der Waals surface area contributed by atoms with Crippen molar-refractivity contribution in [3.8, 4) is 11.3 Å². The summed E-state index contributed by atoms with van der Waals surface area (Å²) < 4.78 is 15.0. The second-order valence-electron chi connectivity index (χ2n) is 7.46. The summed E-state index contributed by atoms with van der Waals surface area (Å²) in [5.74, 6) is 0.120. The van der Waals surface area contributed by atoms with Crippen LogP contribution in [0.4, 0.5) is 5.82 Å². The Kier molecular flexibility index (Phi) is 4.79. The van der Waals surface area contributed by atoms with E-state index in [1.807, 2.05) is 18.2 Å². The number of nitrogens with one attached hydrogen (secondary N) is 1. The molecule has 5 heterocycles. The molecule has 4 aromatic heterocycles. The van der Waals surface area contributed by atoms with Crippen LogP contribution in [0.15, 0.2) is 36.8 Å². The summed E-state index contributed by atoms with van der Waals surface area (Å²) in [6.07, 6.45) is 6.02. The summed E-state index contributed by atoms with van der Waals surface area (Å²) in [5, 5.41) is 8.33. The van der Waals surface area contributed by atoms with Gasteiger partial charge in [0.25, 0.3) is 5.91 Å². The van der Waals surface area contributed by atoms with E-state index in [0.29, 0.717) is 30.4 Å². The summed E-state index contributed by atoms with van der Waals surface area (Å²) in [6, 6.07) is 5.91. The lowest BCUT2D eigenvalue weighted by Gasteiger charge is -2.31. The van der Waals surface area contributed by atoms with Crippen LogP contribution in [0.1, 0.15) is 22.8 Å². The molecule has 0 unspecified atom stereocenters. The normalized spacial score (nSPS) is 19.2. The van der Waals surface area contributed by atoms with Crippen LogP contribution < -0.4 is 11.1 Å². The lowest BCUT2D eigenvalue weighted by Crippen LogP contribution is -2.35. The maximum atomic E-state index is 11.9. The number of nitrogens with zero attached hydrogens (tertiary/aromatic N) is 5. The van der Waals surface area contributed by atoms with E-state index >= 15 is 0 Å². The number of methoxy groups -OCH3 is 1. The van der Waals surface area contributed by atoms with Crippen LogP contribution in [0.2, 0.25) is 0 Å². The molecule has 0 bridgehead atoms. The second-order valence-corrected chi connectivity index (χ2v) is 7.46. The van der Waals surface area contributed by atoms with Gasteiger partial charge in [0.1, 0.15) is 23.1 Å².